The molecule has 0 unspecified atom stereocenters. The van der Waals surface area contributed by atoms with E-state index >= 15 is 0 Å². The lowest BCUT2D eigenvalue weighted by molar-refractivity contribution is 1.49. The summed E-state index contributed by atoms with van der Waals surface area (Å²) in [5, 5.41) is 3.41. The minimum absolute atomic E-state index is 0.781. The van der Waals surface area contributed by atoms with Crippen LogP contribution in [0.2, 0.25) is 0 Å². The van der Waals surface area contributed by atoms with E-state index in [1.807, 2.05) is 24.3 Å². The molecule has 0 heterocycles. The molecule has 88 valence electrons. The van der Waals surface area contributed by atoms with Gasteiger partial charge in [0.2, 0.25) is 0 Å². The first-order chi connectivity index (χ1) is 8.06. The Hall–Kier alpha value is -0.0200. The maximum absolute atomic E-state index is 5.73. The van der Waals surface area contributed by atoms with Crippen molar-refractivity contribution in [2.24, 2.45) is 0 Å². The highest BCUT2D eigenvalue weighted by atomic mass is 127. The standard InChI is InChI=1S/C12H9BrI2N2/c13-7-1-3-9(14)12(5-7)17-11-4-2-8(16)6-10(11)15/h1-6,17H,16H2. The van der Waals surface area contributed by atoms with Gasteiger partial charge in [0, 0.05) is 17.3 Å². The monoisotopic (exact) mass is 514 g/mol. The molecule has 0 atom stereocenters. The number of nitrogen functional groups attached to an aromatic ring is 1. The van der Waals surface area contributed by atoms with Crippen molar-refractivity contribution < 1.29 is 0 Å². The molecule has 0 aliphatic carbocycles. The summed E-state index contributed by atoms with van der Waals surface area (Å²) in [6.45, 7) is 0. The van der Waals surface area contributed by atoms with Crippen molar-refractivity contribution in [1.29, 1.82) is 0 Å². The van der Waals surface area contributed by atoms with E-state index in [1.54, 1.807) is 0 Å². The summed E-state index contributed by atoms with van der Waals surface area (Å²) in [4.78, 5) is 0. The van der Waals surface area contributed by atoms with Crippen LogP contribution in [0.1, 0.15) is 0 Å². The highest BCUT2D eigenvalue weighted by Crippen LogP contribution is 2.29. The van der Waals surface area contributed by atoms with Crippen molar-refractivity contribution >= 4 is 78.2 Å². The van der Waals surface area contributed by atoms with E-state index in [2.05, 4.69) is 78.6 Å². The fourth-order valence-corrected chi connectivity index (χ4v) is 2.88. The molecule has 0 radical (unpaired) electrons. The zero-order chi connectivity index (χ0) is 12.4. The summed E-state index contributed by atoms with van der Waals surface area (Å²) in [7, 11) is 0. The van der Waals surface area contributed by atoms with Crippen LogP contribution in [0.15, 0.2) is 40.9 Å². The van der Waals surface area contributed by atoms with Gasteiger partial charge < -0.3 is 11.1 Å². The zero-order valence-electron chi connectivity index (χ0n) is 8.68. The molecule has 5 heteroatoms. The van der Waals surface area contributed by atoms with Gasteiger partial charge in [-0.1, -0.05) is 15.9 Å². The second-order valence-electron chi connectivity index (χ2n) is 3.49. The van der Waals surface area contributed by atoms with Gasteiger partial charge in [0.05, 0.1) is 11.4 Å². The number of hydrogen-bond acceptors (Lipinski definition) is 2. The third kappa shape index (κ3) is 3.47. The van der Waals surface area contributed by atoms with Crippen molar-refractivity contribution in [2.45, 2.75) is 0 Å². The molecule has 2 rings (SSSR count). The third-order valence-electron chi connectivity index (χ3n) is 2.19. The molecule has 17 heavy (non-hydrogen) atoms. The molecule has 0 spiro atoms. The van der Waals surface area contributed by atoms with Crippen LogP contribution in [0.5, 0.6) is 0 Å². The van der Waals surface area contributed by atoms with Crippen LogP contribution in [0.4, 0.5) is 17.1 Å². The van der Waals surface area contributed by atoms with Crippen LogP contribution in [-0.4, -0.2) is 0 Å². The third-order valence-corrected chi connectivity index (χ3v) is 4.52. The van der Waals surface area contributed by atoms with E-state index in [9.17, 15) is 0 Å². The van der Waals surface area contributed by atoms with Gasteiger partial charge in [0.15, 0.2) is 0 Å². The topological polar surface area (TPSA) is 38.0 Å². The summed E-state index contributed by atoms with van der Waals surface area (Å²) < 4.78 is 3.35. The minimum Gasteiger partial charge on any atom is -0.399 e. The largest absolute Gasteiger partial charge is 0.399 e. The Labute approximate surface area is 136 Å². The lowest BCUT2D eigenvalue weighted by Crippen LogP contribution is -1.96. The fraction of sp³-hybridized carbons (Fsp3) is 0. The van der Waals surface area contributed by atoms with Crippen molar-refractivity contribution in [1.82, 2.24) is 0 Å². The zero-order valence-corrected chi connectivity index (χ0v) is 14.6. The summed E-state index contributed by atoms with van der Waals surface area (Å²) in [5.41, 5.74) is 8.67. The van der Waals surface area contributed by atoms with Crippen LogP contribution in [0.3, 0.4) is 0 Å². The van der Waals surface area contributed by atoms with Crippen LogP contribution in [0, 0.1) is 7.14 Å². The van der Waals surface area contributed by atoms with Gasteiger partial charge in [-0.3, -0.25) is 0 Å². The average molecular weight is 515 g/mol. The second kappa shape index (κ2) is 5.75. The Morgan fingerprint density at radius 3 is 2.41 bits per heavy atom. The number of halogens is 3. The molecule has 0 aliphatic heterocycles. The molecule has 0 saturated heterocycles. The number of benzene rings is 2. The Morgan fingerprint density at radius 1 is 0.941 bits per heavy atom. The molecule has 0 aliphatic rings. The van der Waals surface area contributed by atoms with Gasteiger partial charge in [0.1, 0.15) is 0 Å². The smallest absolute Gasteiger partial charge is 0.0531 e. The number of rotatable bonds is 2. The molecule has 0 saturated carbocycles. The minimum atomic E-state index is 0.781. The summed E-state index contributed by atoms with van der Waals surface area (Å²) in [5.74, 6) is 0. The fourth-order valence-electron chi connectivity index (χ4n) is 1.37. The van der Waals surface area contributed by atoms with Crippen LogP contribution >= 0.6 is 61.1 Å². The predicted molar refractivity (Wildman–Crippen MR) is 93.7 cm³/mol. The van der Waals surface area contributed by atoms with Crippen LogP contribution in [-0.2, 0) is 0 Å². The number of nitrogens with one attached hydrogen (secondary N) is 1. The van der Waals surface area contributed by atoms with Crippen molar-refractivity contribution in [3.63, 3.8) is 0 Å². The quantitative estimate of drug-likeness (QED) is 0.438. The Kier molecular flexibility index (Phi) is 4.53. The lowest BCUT2D eigenvalue weighted by Gasteiger charge is -2.11. The first kappa shape index (κ1) is 13.4. The Balaban J connectivity index is 2.34. The first-order valence-corrected chi connectivity index (χ1v) is 7.78. The number of anilines is 3. The van der Waals surface area contributed by atoms with Gasteiger partial charge in [-0.25, -0.2) is 0 Å². The normalized spacial score (nSPS) is 10.3. The SMILES string of the molecule is Nc1ccc(Nc2cc(Br)ccc2I)c(I)c1. The van der Waals surface area contributed by atoms with Gasteiger partial charge in [-0.2, -0.15) is 0 Å². The molecule has 0 fully saturated rings. The highest BCUT2D eigenvalue weighted by Gasteiger charge is 2.04. The number of hydrogen-bond donors (Lipinski definition) is 2. The molecule has 0 aromatic heterocycles. The molecule has 2 aromatic rings. The molecule has 2 aromatic carbocycles. The van der Waals surface area contributed by atoms with Gasteiger partial charge in [-0.15, -0.1) is 0 Å². The molecular formula is C12H9BrI2N2. The Bertz CT molecular complexity index is 558. The van der Waals surface area contributed by atoms with E-state index in [-0.39, 0.29) is 0 Å². The van der Waals surface area contributed by atoms with Crippen molar-refractivity contribution in [3.05, 3.63) is 48.0 Å². The maximum atomic E-state index is 5.73. The van der Waals surface area contributed by atoms with E-state index < -0.39 is 0 Å². The van der Waals surface area contributed by atoms with Crippen molar-refractivity contribution in [3.8, 4) is 0 Å². The predicted octanol–water partition coefficient (Wildman–Crippen LogP) is 4.98. The highest BCUT2D eigenvalue weighted by molar-refractivity contribution is 14.1. The van der Waals surface area contributed by atoms with Crippen molar-refractivity contribution in [2.75, 3.05) is 11.1 Å². The summed E-state index contributed by atoms with van der Waals surface area (Å²) in [6.07, 6.45) is 0. The summed E-state index contributed by atoms with van der Waals surface area (Å²) >= 11 is 8.06. The molecule has 3 N–H and O–H groups in total. The summed E-state index contributed by atoms with van der Waals surface area (Å²) in [6, 6.07) is 12.0. The van der Waals surface area contributed by atoms with Crippen LogP contribution < -0.4 is 11.1 Å². The first-order valence-electron chi connectivity index (χ1n) is 4.83. The molecule has 0 bridgehead atoms. The molecular weight excluding hydrogens is 506 g/mol. The van der Waals surface area contributed by atoms with E-state index in [1.165, 1.54) is 3.57 Å². The lowest BCUT2D eigenvalue weighted by atomic mass is 10.2. The van der Waals surface area contributed by atoms with E-state index in [0.717, 1.165) is 25.1 Å². The number of nitrogens with two attached hydrogens (primary N) is 1. The molecule has 2 nitrogen and oxygen atoms in total. The average Bonchev–Trinajstić information content (AvgIpc) is 2.27. The maximum Gasteiger partial charge on any atom is 0.0531 e. The second-order valence-corrected chi connectivity index (χ2v) is 6.73. The van der Waals surface area contributed by atoms with Gasteiger partial charge in [0.25, 0.3) is 0 Å². The van der Waals surface area contributed by atoms with Gasteiger partial charge in [-0.05, 0) is 81.6 Å². The molecule has 0 amide bonds. The van der Waals surface area contributed by atoms with Gasteiger partial charge >= 0.3 is 0 Å². The van der Waals surface area contributed by atoms with E-state index in [4.69, 9.17) is 5.73 Å². The van der Waals surface area contributed by atoms with Crippen LogP contribution in [0.25, 0.3) is 0 Å². The Morgan fingerprint density at radius 2 is 1.71 bits per heavy atom. The van der Waals surface area contributed by atoms with E-state index in [0.29, 0.717) is 0 Å².